The lowest BCUT2D eigenvalue weighted by molar-refractivity contribution is 0.0696. The van der Waals surface area contributed by atoms with Gasteiger partial charge in [-0.05, 0) is 37.1 Å². The van der Waals surface area contributed by atoms with Gasteiger partial charge in [-0.3, -0.25) is 0 Å². The van der Waals surface area contributed by atoms with Crippen LogP contribution in [-0.4, -0.2) is 11.1 Å². The molecule has 2 nitrogen and oxygen atoms in total. The number of halogens is 1. The predicted molar refractivity (Wildman–Crippen MR) is 59.2 cm³/mol. The van der Waals surface area contributed by atoms with E-state index in [0.29, 0.717) is 5.02 Å². The molecule has 1 aromatic carbocycles. The second-order valence-corrected chi connectivity index (χ2v) is 3.14. The van der Waals surface area contributed by atoms with Crippen molar-refractivity contribution >= 4 is 17.6 Å². The van der Waals surface area contributed by atoms with Gasteiger partial charge in [-0.15, -0.1) is 0 Å². The summed E-state index contributed by atoms with van der Waals surface area (Å²) in [7, 11) is 0. The molecule has 0 atom stereocenters. The number of hydrogen-bond acceptors (Lipinski definition) is 1. The van der Waals surface area contributed by atoms with Gasteiger partial charge in [0.05, 0.1) is 5.56 Å². The maximum Gasteiger partial charge on any atom is 0.336 e. The summed E-state index contributed by atoms with van der Waals surface area (Å²) in [4.78, 5) is 10.7. The molecular formula is C11H15ClO2. The molecule has 0 heterocycles. The minimum atomic E-state index is -0.932. The molecular weight excluding hydrogens is 200 g/mol. The summed E-state index contributed by atoms with van der Waals surface area (Å²) >= 11 is 5.70. The molecule has 0 saturated carbocycles. The molecule has 0 aliphatic heterocycles. The van der Waals surface area contributed by atoms with Crippen LogP contribution in [0.3, 0.4) is 0 Å². The Morgan fingerprint density at radius 2 is 1.79 bits per heavy atom. The summed E-state index contributed by atoms with van der Waals surface area (Å²) in [5.41, 5.74) is 1.95. The Hall–Kier alpha value is -1.02. The van der Waals surface area contributed by atoms with Crippen LogP contribution in [0.1, 0.15) is 35.3 Å². The summed E-state index contributed by atoms with van der Waals surface area (Å²) in [5, 5.41) is 9.22. The topological polar surface area (TPSA) is 37.3 Å². The van der Waals surface area contributed by atoms with Crippen LogP contribution in [0.2, 0.25) is 5.02 Å². The first-order valence-electron chi connectivity index (χ1n) is 4.52. The van der Waals surface area contributed by atoms with Crippen LogP contribution >= 0.6 is 11.6 Å². The van der Waals surface area contributed by atoms with Crippen molar-refractivity contribution in [2.24, 2.45) is 0 Å². The summed E-state index contributed by atoms with van der Waals surface area (Å²) in [6, 6.07) is 3.22. The van der Waals surface area contributed by atoms with Gasteiger partial charge < -0.3 is 5.11 Å². The smallest absolute Gasteiger partial charge is 0.336 e. The second kappa shape index (κ2) is 5.66. The largest absolute Gasteiger partial charge is 0.478 e. The standard InChI is InChI=1S/C9H9ClO2.C2H6/c1-5-3-7(10)4-8(6(5)2)9(11)12;1-2/h3-4H,1-2H3,(H,11,12);1-2H3. The van der Waals surface area contributed by atoms with Gasteiger partial charge in [0, 0.05) is 5.02 Å². The fourth-order valence-corrected chi connectivity index (χ4v) is 1.31. The molecule has 0 aliphatic rings. The van der Waals surface area contributed by atoms with E-state index >= 15 is 0 Å². The third-order valence-corrected chi connectivity index (χ3v) is 2.08. The molecule has 3 heteroatoms. The number of aryl methyl sites for hydroxylation is 1. The van der Waals surface area contributed by atoms with E-state index in [-0.39, 0.29) is 5.56 Å². The third-order valence-electron chi connectivity index (χ3n) is 1.86. The Kier molecular flexibility index (Phi) is 5.24. The number of carboxylic acid groups (broad SMARTS) is 1. The Morgan fingerprint density at radius 1 is 1.29 bits per heavy atom. The average molecular weight is 215 g/mol. The normalized spacial score (nSPS) is 8.93. The molecule has 1 N–H and O–H groups in total. The van der Waals surface area contributed by atoms with Crippen LogP contribution in [-0.2, 0) is 0 Å². The van der Waals surface area contributed by atoms with Crippen molar-refractivity contribution < 1.29 is 9.90 Å². The van der Waals surface area contributed by atoms with Gasteiger partial charge in [-0.25, -0.2) is 4.79 Å². The van der Waals surface area contributed by atoms with Crippen molar-refractivity contribution in [2.75, 3.05) is 0 Å². The molecule has 0 aliphatic carbocycles. The molecule has 0 spiro atoms. The SMILES string of the molecule is CC.Cc1cc(Cl)cc(C(=O)O)c1C. The maximum atomic E-state index is 10.7. The van der Waals surface area contributed by atoms with Crippen molar-refractivity contribution in [3.63, 3.8) is 0 Å². The number of aromatic carboxylic acids is 1. The van der Waals surface area contributed by atoms with E-state index in [0.717, 1.165) is 11.1 Å². The molecule has 78 valence electrons. The minimum Gasteiger partial charge on any atom is -0.478 e. The molecule has 1 aromatic rings. The van der Waals surface area contributed by atoms with Crippen LogP contribution in [0.25, 0.3) is 0 Å². The molecule has 1 rings (SSSR count). The molecule has 0 aromatic heterocycles. The molecule has 14 heavy (non-hydrogen) atoms. The molecule has 0 unspecified atom stereocenters. The van der Waals surface area contributed by atoms with Gasteiger partial charge in [-0.2, -0.15) is 0 Å². The van der Waals surface area contributed by atoms with Crippen molar-refractivity contribution in [1.82, 2.24) is 0 Å². The highest BCUT2D eigenvalue weighted by molar-refractivity contribution is 6.31. The van der Waals surface area contributed by atoms with E-state index in [9.17, 15) is 4.79 Å². The predicted octanol–water partition coefficient (Wildman–Crippen LogP) is 3.68. The van der Waals surface area contributed by atoms with E-state index in [1.54, 1.807) is 13.0 Å². The molecule has 0 saturated heterocycles. The number of benzene rings is 1. The Bertz CT molecular complexity index is 332. The Balaban J connectivity index is 0.000000791. The quantitative estimate of drug-likeness (QED) is 0.774. The molecule has 0 radical (unpaired) electrons. The van der Waals surface area contributed by atoms with Gasteiger partial charge >= 0.3 is 5.97 Å². The monoisotopic (exact) mass is 214 g/mol. The lowest BCUT2D eigenvalue weighted by Gasteiger charge is -2.04. The van der Waals surface area contributed by atoms with E-state index in [1.165, 1.54) is 6.07 Å². The van der Waals surface area contributed by atoms with Crippen molar-refractivity contribution in [1.29, 1.82) is 0 Å². The third kappa shape index (κ3) is 3.04. The van der Waals surface area contributed by atoms with Crippen molar-refractivity contribution in [3.05, 3.63) is 33.8 Å². The summed E-state index contributed by atoms with van der Waals surface area (Å²) in [5.74, 6) is -0.932. The number of carbonyl (C=O) groups is 1. The van der Waals surface area contributed by atoms with Crippen LogP contribution < -0.4 is 0 Å². The van der Waals surface area contributed by atoms with Gasteiger partial charge in [0.1, 0.15) is 0 Å². The Labute approximate surface area is 89.5 Å². The van der Waals surface area contributed by atoms with E-state index in [2.05, 4.69) is 0 Å². The van der Waals surface area contributed by atoms with Crippen molar-refractivity contribution in [3.8, 4) is 0 Å². The lowest BCUT2D eigenvalue weighted by Crippen LogP contribution is -2.00. The van der Waals surface area contributed by atoms with Gasteiger partial charge in [0.15, 0.2) is 0 Å². The first-order chi connectivity index (χ1) is 6.52. The fourth-order valence-electron chi connectivity index (χ4n) is 1.04. The highest BCUT2D eigenvalue weighted by Crippen LogP contribution is 2.19. The Morgan fingerprint density at radius 3 is 2.21 bits per heavy atom. The first kappa shape index (κ1) is 13.0. The average Bonchev–Trinajstić information content (AvgIpc) is 2.14. The van der Waals surface area contributed by atoms with E-state index < -0.39 is 5.97 Å². The zero-order valence-electron chi connectivity index (χ0n) is 8.89. The highest BCUT2D eigenvalue weighted by Gasteiger charge is 2.09. The molecule has 0 amide bonds. The number of carboxylic acids is 1. The number of rotatable bonds is 1. The zero-order valence-corrected chi connectivity index (χ0v) is 9.64. The minimum absolute atomic E-state index is 0.278. The lowest BCUT2D eigenvalue weighted by atomic mass is 10.0. The van der Waals surface area contributed by atoms with Crippen LogP contribution in [0.4, 0.5) is 0 Å². The maximum absolute atomic E-state index is 10.7. The summed E-state index contributed by atoms with van der Waals surface area (Å²) < 4.78 is 0. The fraction of sp³-hybridized carbons (Fsp3) is 0.364. The summed E-state index contributed by atoms with van der Waals surface area (Å²) in [6.45, 7) is 7.61. The summed E-state index contributed by atoms with van der Waals surface area (Å²) in [6.07, 6.45) is 0. The zero-order chi connectivity index (χ0) is 11.3. The van der Waals surface area contributed by atoms with Gasteiger partial charge in [0.2, 0.25) is 0 Å². The number of hydrogen-bond donors (Lipinski definition) is 1. The second-order valence-electron chi connectivity index (χ2n) is 2.70. The van der Waals surface area contributed by atoms with Gasteiger partial charge in [-0.1, -0.05) is 25.4 Å². The van der Waals surface area contributed by atoms with Crippen LogP contribution in [0.5, 0.6) is 0 Å². The van der Waals surface area contributed by atoms with Crippen LogP contribution in [0, 0.1) is 13.8 Å². The molecule has 0 bridgehead atoms. The van der Waals surface area contributed by atoms with Crippen LogP contribution in [0.15, 0.2) is 12.1 Å². The highest BCUT2D eigenvalue weighted by atomic mass is 35.5. The van der Waals surface area contributed by atoms with E-state index in [4.69, 9.17) is 16.7 Å². The van der Waals surface area contributed by atoms with E-state index in [1.807, 2.05) is 20.8 Å². The van der Waals surface area contributed by atoms with Gasteiger partial charge in [0.25, 0.3) is 0 Å². The van der Waals surface area contributed by atoms with Crippen molar-refractivity contribution in [2.45, 2.75) is 27.7 Å². The molecule has 0 fully saturated rings. The first-order valence-corrected chi connectivity index (χ1v) is 4.90.